The first-order chi connectivity index (χ1) is 19.6. The molecule has 3 aromatic heterocycles. The zero-order valence-electron chi connectivity index (χ0n) is 22.3. The molecule has 41 heavy (non-hydrogen) atoms. The molecule has 7 rings (SSSR count). The average Bonchev–Trinajstić information content (AvgIpc) is 3.70. The van der Waals surface area contributed by atoms with Crippen LogP contribution in [0.15, 0.2) is 30.6 Å². The van der Waals surface area contributed by atoms with Crippen molar-refractivity contribution >= 4 is 28.6 Å². The Morgan fingerprint density at radius 2 is 1.88 bits per heavy atom. The van der Waals surface area contributed by atoms with Crippen LogP contribution in [0.3, 0.4) is 0 Å². The first-order valence-electron chi connectivity index (χ1n) is 13.4. The number of hydrogen-bond acceptors (Lipinski definition) is 10. The van der Waals surface area contributed by atoms with Gasteiger partial charge in [-0.1, -0.05) is 17.7 Å². The summed E-state index contributed by atoms with van der Waals surface area (Å²) in [5.74, 6) is 0.344. The summed E-state index contributed by atoms with van der Waals surface area (Å²) in [6, 6.07) is 5.03. The Morgan fingerprint density at radius 3 is 2.66 bits per heavy atom. The minimum Gasteiger partial charge on any atom is -0.456 e. The van der Waals surface area contributed by atoms with E-state index in [1.54, 1.807) is 32.3 Å². The number of aromatic nitrogens is 5. The number of aliphatic hydroxyl groups is 2. The minimum atomic E-state index is -1.16. The summed E-state index contributed by atoms with van der Waals surface area (Å²) < 4.78 is 32.7. The van der Waals surface area contributed by atoms with Crippen LogP contribution >= 0.6 is 11.6 Å². The van der Waals surface area contributed by atoms with Gasteiger partial charge in [-0.25, -0.2) is 19.3 Å². The fourth-order valence-electron chi connectivity index (χ4n) is 5.73. The van der Waals surface area contributed by atoms with Crippen LogP contribution < -0.4 is 10.1 Å². The number of aryl methyl sites for hydroxylation is 1. The van der Waals surface area contributed by atoms with E-state index in [4.69, 9.17) is 25.8 Å². The number of rotatable bonds is 6. The van der Waals surface area contributed by atoms with Gasteiger partial charge >= 0.3 is 0 Å². The summed E-state index contributed by atoms with van der Waals surface area (Å²) >= 11 is 6.56. The molecule has 4 aromatic rings. The fraction of sp³-hybridized carbons (Fsp3) is 0.429. The van der Waals surface area contributed by atoms with Crippen LogP contribution in [0, 0.1) is 5.82 Å². The van der Waals surface area contributed by atoms with E-state index in [0.717, 1.165) is 5.56 Å². The summed E-state index contributed by atoms with van der Waals surface area (Å²) in [7, 11) is 0. The number of H-pyrrole nitrogens is 1. The third kappa shape index (κ3) is 4.79. The van der Waals surface area contributed by atoms with E-state index in [9.17, 15) is 10.2 Å². The molecule has 2 saturated heterocycles. The second kappa shape index (κ2) is 9.85. The number of fused-ring (bicyclic) bond motifs is 3. The van der Waals surface area contributed by atoms with Crippen molar-refractivity contribution in [2.24, 2.45) is 0 Å². The number of benzene rings is 1. The number of halogens is 2. The Bertz CT molecular complexity index is 1630. The molecule has 0 unspecified atom stereocenters. The average molecular weight is 583 g/mol. The van der Waals surface area contributed by atoms with Crippen molar-refractivity contribution in [2.45, 2.75) is 62.7 Å². The van der Waals surface area contributed by atoms with Crippen molar-refractivity contribution in [3.8, 4) is 17.1 Å². The zero-order valence-corrected chi connectivity index (χ0v) is 23.0. The summed E-state index contributed by atoms with van der Waals surface area (Å²) in [5.41, 5.74) is 2.60. The molecule has 3 aliphatic rings. The predicted octanol–water partition coefficient (Wildman–Crippen LogP) is 3.44. The lowest BCUT2D eigenvalue weighted by Crippen LogP contribution is -2.34. The maximum absolute atomic E-state index is 15.5. The number of ether oxygens (including phenoxy) is 3. The van der Waals surface area contributed by atoms with Gasteiger partial charge in [0.25, 0.3) is 6.01 Å². The first-order valence-corrected chi connectivity index (χ1v) is 13.8. The Kier molecular flexibility index (Phi) is 6.36. The van der Waals surface area contributed by atoms with Gasteiger partial charge in [0, 0.05) is 23.5 Å². The van der Waals surface area contributed by atoms with Gasteiger partial charge in [0.05, 0.1) is 29.8 Å². The van der Waals surface area contributed by atoms with Gasteiger partial charge in [-0.05, 0) is 49.9 Å². The van der Waals surface area contributed by atoms with Crippen molar-refractivity contribution < 1.29 is 28.8 Å². The molecule has 13 heteroatoms. The molecule has 11 nitrogen and oxygen atoms in total. The molecule has 0 spiro atoms. The van der Waals surface area contributed by atoms with E-state index in [1.165, 1.54) is 6.07 Å². The number of aliphatic hydroxyl groups excluding tert-OH is 1. The molecule has 4 N–H and O–H groups in total. The lowest BCUT2D eigenvalue weighted by Gasteiger charge is -2.17. The van der Waals surface area contributed by atoms with Crippen LogP contribution in [-0.4, -0.2) is 72.8 Å². The van der Waals surface area contributed by atoms with E-state index < -0.39 is 23.9 Å². The monoisotopic (exact) mass is 582 g/mol. The molecule has 214 valence electrons. The Morgan fingerprint density at radius 1 is 1.10 bits per heavy atom. The van der Waals surface area contributed by atoms with Gasteiger partial charge in [0.2, 0.25) is 0 Å². The number of imidazole rings is 1. The van der Waals surface area contributed by atoms with Crippen LogP contribution in [0.2, 0.25) is 5.02 Å². The molecule has 5 atom stereocenters. The summed E-state index contributed by atoms with van der Waals surface area (Å²) in [4.78, 5) is 20.6. The van der Waals surface area contributed by atoms with Gasteiger partial charge in [-0.3, -0.25) is 0 Å². The summed E-state index contributed by atoms with van der Waals surface area (Å²) in [6.07, 6.45) is 2.64. The van der Waals surface area contributed by atoms with Gasteiger partial charge in [-0.15, -0.1) is 0 Å². The predicted molar refractivity (Wildman–Crippen MR) is 146 cm³/mol. The minimum absolute atomic E-state index is 0.207. The number of aromatic amines is 1. The van der Waals surface area contributed by atoms with Crippen LogP contribution in [-0.2, 0) is 21.5 Å². The SMILES string of the molecule is CC(C)(O)c1ncc(-c2cc(F)c3c(c2)CC[C@@H]3Nc2nc3nc(O[C@@H]4CO[C@H]5[C@@H]4OC[C@H]5O)[nH]c3cc2Cl)cn1. The number of hydrogen-bond donors (Lipinski definition) is 4. The van der Waals surface area contributed by atoms with Crippen molar-refractivity contribution in [1.29, 1.82) is 0 Å². The Balaban J connectivity index is 1.10. The molecule has 1 aromatic carbocycles. The molecule has 2 fully saturated rings. The quantitative estimate of drug-likeness (QED) is 0.266. The van der Waals surface area contributed by atoms with Crippen LogP contribution in [0.5, 0.6) is 6.01 Å². The highest BCUT2D eigenvalue weighted by Crippen LogP contribution is 2.40. The van der Waals surface area contributed by atoms with E-state index in [1.807, 2.05) is 6.07 Å². The van der Waals surface area contributed by atoms with Gasteiger partial charge in [-0.2, -0.15) is 4.98 Å². The Hall–Kier alpha value is -3.42. The molecule has 2 aliphatic heterocycles. The van der Waals surface area contributed by atoms with E-state index in [0.29, 0.717) is 57.4 Å². The van der Waals surface area contributed by atoms with Crippen molar-refractivity contribution in [3.63, 3.8) is 0 Å². The van der Waals surface area contributed by atoms with E-state index >= 15 is 4.39 Å². The first kappa shape index (κ1) is 26.5. The molecule has 0 saturated carbocycles. The largest absolute Gasteiger partial charge is 0.456 e. The molecular formula is C28H28ClFN6O5. The number of pyridine rings is 1. The molecule has 0 amide bonds. The van der Waals surface area contributed by atoms with E-state index in [2.05, 4.69) is 30.2 Å². The highest BCUT2D eigenvalue weighted by atomic mass is 35.5. The Labute approximate surface area is 239 Å². The van der Waals surface area contributed by atoms with Crippen LogP contribution in [0.1, 0.15) is 43.3 Å². The lowest BCUT2D eigenvalue weighted by molar-refractivity contribution is 0.00706. The van der Waals surface area contributed by atoms with Gasteiger partial charge in [0.1, 0.15) is 35.5 Å². The topological polar surface area (TPSA) is 148 Å². The third-order valence-electron chi connectivity index (χ3n) is 7.76. The second-order valence-electron chi connectivity index (χ2n) is 11.2. The fourth-order valence-corrected chi connectivity index (χ4v) is 5.93. The highest BCUT2D eigenvalue weighted by Gasteiger charge is 2.48. The van der Waals surface area contributed by atoms with Crippen molar-refractivity contribution in [1.82, 2.24) is 24.9 Å². The van der Waals surface area contributed by atoms with Gasteiger partial charge < -0.3 is 34.7 Å². The normalized spacial score (nSPS) is 25.5. The maximum atomic E-state index is 15.5. The van der Waals surface area contributed by atoms with Crippen LogP contribution in [0.25, 0.3) is 22.3 Å². The third-order valence-corrected chi connectivity index (χ3v) is 8.05. The van der Waals surface area contributed by atoms with Crippen molar-refractivity contribution in [3.05, 3.63) is 58.4 Å². The van der Waals surface area contributed by atoms with E-state index in [-0.39, 0.29) is 37.2 Å². The molecule has 0 radical (unpaired) electrons. The highest BCUT2D eigenvalue weighted by molar-refractivity contribution is 6.33. The number of nitrogens with zero attached hydrogens (tertiary/aromatic N) is 4. The zero-order chi connectivity index (χ0) is 28.5. The number of nitrogens with one attached hydrogen (secondary N) is 2. The number of anilines is 1. The molecule has 1 aliphatic carbocycles. The summed E-state index contributed by atoms with van der Waals surface area (Å²) in [6.45, 7) is 3.70. The lowest BCUT2D eigenvalue weighted by atomic mass is 10.0. The maximum Gasteiger partial charge on any atom is 0.296 e. The standard InChI is InChI=1S/C28H28ClFN6O5/c1-28(2,38)26-31-8-14(9-32-26)13-5-12-3-4-17(21(12)16(30)6-13)33-24-15(29)7-18-25(35-24)36-27(34-18)41-20-11-40-22-19(37)10-39-23(20)22/h5-9,17,19-20,22-23,37-38H,3-4,10-11H2,1-2H3,(H2,33,34,35,36)/t17-,19+,20+,22+,23+/m0/s1. The molecule has 0 bridgehead atoms. The van der Waals surface area contributed by atoms with Crippen LogP contribution in [0.4, 0.5) is 10.2 Å². The molecular weight excluding hydrogens is 555 g/mol. The van der Waals surface area contributed by atoms with Gasteiger partial charge in [0.15, 0.2) is 17.6 Å². The smallest absolute Gasteiger partial charge is 0.296 e. The molecule has 5 heterocycles. The summed E-state index contributed by atoms with van der Waals surface area (Å²) in [5, 5.41) is 23.7. The second-order valence-corrected chi connectivity index (χ2v) is 11.6. The van der Waals surface area contributed by atoms with Crippen molar-refractivity contribution in [2.75, 3.05) is 18.5 Å².